The molecule has 0 spiro atoms. The number of rotatable bonds is 3. The number of H-pyrrole nitrogens is 1. The number of nitrogens with zero attached hydrogens (tertiary/aromatic N) is 1. The van der Waals surface area contributed by atoms with Gasteiger partial charge in [0.15, 0.2) is 0 Å². The summed E-state index contributed by atoms with van der Waals surface area (Å²) >= 11 is 5.93. The van der Waals surface area contributed by atoms with Gasteiger partial charge in [-0.1, -0.05) is 11.6 Å². The van der Waals surface area contributed by atoms with Crippen LogP contribution in [-0.2, 0) is 6.42 Å². The van der Waals surface area contributed by atoms with Crippen molar-refractivity contribution in [2.75, 3.05) is 0 Å². The summed E-state index contributed by atoms with van der Waals surface area (Å²) in [7, 11) is 0. The maximum Gasteiger partial charge on any atom is 0.220 e. The van der Waals surface area contributed by atoms with Gasteiger partial charge < -0.3 is 4.98 Å². The van der Waals surface area contributed by atoms with Crippen LogP contribution in [0.15, 0.2) is 24.4 Å². The Labute approximate surface area is 104 Å². The Morgan fingerprint density at radius 1 is 1.47 bits per heavy atom. The van der Waals surface area contributed by atoms with Gasteiger partial charge in [-0.15, -0.1) is 0 Å². The van der Waals surface area contributed by atoms with Crippen molar-refractivity contribution in [2.24, 2.45) is 0 Å². The number of halogens is 1. The maximum absolute atomic E-state index is 10.9. The second-order valence-electron chi connectivity index (χ2n) is 4.75. The molecule has 1 N–H and O–H groups in total. The number of hydrogen-bond donors (Lipinski definition) is 1. The summed E-state index contributed by atoms with van der Waals surface area (Å²) in [5, 5.41) is 12.5. The lowest BCUT2D eigenvalue weighted by Crippen LogP contribution is -2.33. The fraction of sp³-hybridized carbons (Fsp3) is 0.333. The Bertz CT molecular complexity index is 575. The number of benzene rings is 1. The second-order valence-corrected chi connectivity index (χ2v) is 5.19. The lowest BCUT2D eigenvalue weighted by molar-refractivity contribution is -0.560. The molecule has 0 amide bonds. The molecule has 4 nitrogen and oxygen atoms in total. The van der Waals surface area contributed by atoms with Crippen molar-refractivity contribution in [2.45, 2.75) is 25.8 Å². The van der Waals surface area contributed by atoms with Gasteiger partial charge in [0.1, 0.15) is 0 Å². The van der Waals surface area contributed by atoms with Gasteiger partial charge in [-0.25, -0.2) is 0 Å². The third-order valence-electron chi connectivity index (χ3n) is 2.85. The van der Waals surface area contributed by atoms with E-state index in [-0.39, 0.29) is 4.92 Å². The van der Waals surface area contributed by atoms with Crippen LogP contribution in [0.25, 0.3) is 10.9 Å². The van der Waals surface area contributed by atoms with E-state index < -0.39 is 5.54 Å². The molecule has 90 valence electrons. The average molecular weight is 253 g/mol. The molecule has 0 fully saturated rings. The second kappa shape index (κ2) is 4.04. The Morgan fingerprint density at radius 2 is 2.18 bits per heavy atom. The van der Waals surface area contributed by atoms with Crippen LogP contribution in [0.2, 0.25) is 5.02 Å². The number of nitrogens with one attached hydrogen (secondary N) is 1. The third-order valence-corrected chi connectivity index (χ3v) is 3.08. The van der Waals surface area contributed by atoms with Crippen LogP contribution in [-0.4, -0.2) is 15.4 Å². The highest BCUT2D eigenvalue weighted by Gasteiger charge is 2.31. The van der Waals surface area contributed by atoms with Crippen molar-refractivity contribution in [3.63, 3.8) is 0 Å². The molecule has 0 aliphatic heterocycles. The largest absolute Gasteiger partial charge is 0.361 e. The van der Waals surface area contributed by atoms with E-state index in [1.807, 2.05) is 18.3 Å². The maximum atomic E-state index is 10.9. The molecule has 17 heavy (non-hydrogen) atoms. The monoisotopic (exact) mass is 252 g/mol. The quantitative estimate of drug-likeness (QED) is 0.672. The molecule has 1 heterocycles. The van der Waals surface area contributed by atoms with Crippen LogP contribution < -0.4 is 0 Å². The van der Waals surface area contributed by atoms with Crippen LogP contribution in [0.1, 0.15) is 19.4 Å². The smallest absolute Gasteiger partial charge is 0.220 e. The highest BCUT2D eigenvalue weighted by atomic mass is 35.5. The summed E-state index contributed by atoms with van der Waals surface area (Å²) in [5.41, 5.74) is 0.894. The Morgan fingerprint density at radius 3 is 2.82 bits per heavy atom. The molecule has 1 aromatic carbocycles. The first-order chi connectivity index (χ1) is 7.90. The van der Waals surface area contributed by atoms with Crippen LogP contribution >= 0.6 is 11.6 Å². The van der Waals surface area contributed by atoms with E-state index in [1.165, 1.54) is 0 Å². The Kier molecular flexibility index (Phi) is 2.83. The molecule has 0 unspecified atom stereocenters. The average Bonchev–Trinajstić information content (AvgIpc) is 2.60. The lowest BCUT2D eigenvalue weighted by atomic mass is 9.95. The van der Waals surface area contributed by atoms with Gasteiger partial charge in [-0.2, -0.15) is 0 Å². The SMILES string of the molecule is CC(C)(Cc1c[nH]c2ccc(Cl)cc12)[N+](=O)[O-]. The van der Waals surface area contributed by atoms with Crippen LogP contribution in [0.3, 0.4) is 0 Å². The molecule has 2 aromatic rings. The zero-order valence-electron chi connectivity index (χ0n) is 9.66. The summed E-state index contributed by atoms with van der Waals surface area (Å²) in [6, 6.07) is 5.50. The van der Waals surface area contributed by atoms with E-state index in [0.29, 0.717) is 11.4 Å². The summed E-state index contributed by atoms with van der Waals surface area (Å²) in [4.78, 5) is 13.8. The molecule has 0 bridgehead atoms. The first-order valence-corrected chi connectivity index (χ1v) is 5.68. The van der Waals surface area contributed by atoms with Crippen molar-refractivity contribution in [1.29, 1.82) is 0 Å². The highest BCUT2D eigenvalue weighted by Crippen LogP contribution is 2.26. The molecule has 2 rings (SSSR count). The van der Waals surface area contributed by atoms with Crippen LogP contribution in [0.4, 0.5) is 0 Å². The molecule has 0 aliphatic carbocycles. The van der Waals surface area contributed by atoms with Crippen molar-refractivity contribution >= 4 is 22.5 Å². The van der Waals surface area contributed by atoms with Gasteiger partial charge in [0.05, 0.1) is 0 Å². The van der Waals surface area contributed by atoms with Crippen molar-refractivity contribution in [3.8, 4) is 0 Å². The molecule has 1 aromatic heterocycles. The van der Waals surface area contributed by atoms with Crippen molar-refractivity contribution in [3.05, 3.63) is 45.1 Å². The normalized spacial score (nSPS) is 11.9. The highest BCUT2D eigenvalue weighted by molar-refractivity contribution is 6.31. The Balaban J connectivity index is 2.43. The molecule has 0 saturated heterocycles. The predicted molar refractivity (Wildman–Crippen MR) is 68.1 cm³/mol. The summed E-state index contributed by atoms with van der Waals surface area (Å²) in [6.45, 7) is 3.24. The van der Waals surface area contributed by atoms with Gasteiger partial charge in [0, 0.05) is 47.3 Å². The third kappa shape index (κ3) is 2.26. The molecular weight excluding hydrogens is 240 g/mol. The minimum absolute atomic E-state index is 0.254. The van der Waals surface area contributed by atoms with Gasteiger partial charge in [0.2, 0.25) is 5.54 Å². The number of aromatic nitrogens is 1. The minimum Gasteiger partial charge on any atom is -0.361 e. The molecule has 0 radical (unpaired) electrons. The van der Waals surface area contributed by atoms with Crippen LogP contribution in [0, 0.1) is 10.1 Å². The van der Waals surface area contributed by atoms with E-state index in [1.54, 1.807) is 19.9 Å². The van der Waals surface area contributed by atoms with Gasteiger partial charge in [0.25, 0.3) is 0 Å². The molecule has 5 heteroatoms. The van der Waals surface area contributed by atoms with E-state index in [0.717, 1.165) is 16.5 Å². The van der Waals surface area contributed by atoms with Gasteiger partial charge in [-0.3, -0.25) is 10.1 Å². The molecular formula is C12H13ClN2O2. The van der Waals surface area contributed by atoms with E-state index >= 15 is 0 Å². The lowest BCUT2D eigenvalue weighted by Gasteiger charge is -2.14. The van der Waals surface area contributed by atoms with Gasteiger partial charge in [-0.05, 0) is 23.8 Å². The minimum atomic E-state index is -0.975. The topological polar surface area (TPSA) is 58.9 Å². The van der Waals surface area contributed by atoms with E-state index in [2.05, 4.69) is 4.98 Å². The molecule has 0 atom stereocenters. The summed E-state index contributed by atoms with van der Waals surface area (Å²) < 4.78 is 0. The number of hydrogen-bond acceptors (Lipinski definition) is 2. The zero-order chi connectivity index (χ0) is 12.6. The van der Waals surface area contributed by atoms with E-state index in [9.17, 15) is 10.1 Å². The summed E-state index contributed by atoms with van der Waals surface area (Å²) in [5.74, 6) is 0. The van der Waals surface area contributed by atoms with Gasteiger partial charge >= 0.3 is 0 Å². The first-order valence-electron chi connectivity index (χ1n) is 5.30. The van der Waals surface area contributed by atoms with Crippen molar-refractivity contribution < 1.29 is 4.92 Å². The summed E-state index contributed by atoms with van der Waals surface area (Å²) in [6.07, 6.45) is 2.19. The zero-order valence-corrected chi connectivity index (χ0v) is 10.4. The predicted octanol–water partition coefficient (Wildman–Crippen LogP) is 3.42. The molecule has 0 aliphatic rings. The first kappa shape index (κ1) is 11.9. The fourth-order valence-electron chi connectivity index (χ4n) is 1.83. The number of fused-ring (bicyclic) bond motifs is 1. The van der Waals surface area contributed by atoms with Crippen molar-refractivity contribution in [1.82, 2.24) is 4.98 Å². The number of aromatic amines is 1. The van der Waals surface area contributed by atoms with Crippen LogP contribution in [0.5, 0.6) is 0 Å². The Hall–Kier alpha value is -1.55. The fourth-order valence-corrected chi connectivity index (χ4v) is 2.00. The number of nitro groups is 1. The molecule has 0 saturated carbocycles. The standard InChI is InChI=1S/C12H13ClN2O2/c1-12(2,15(16)17)6-8-7-14-11-4-3-9(13)5-10(8)11/h3-5,7,14H,6H2,1-2H3. The van der Waals surface area contributed by atoms with E-state index in [4.69, 9.17) is 11.6 Å².